The lowest BCUT2D eigenvalue weighted by molar-refractivity contribution is -0.136. The number of halogens is 3. The van der Waals surface area contributed by atoms with E-state index in [1.54, 1.807) is 17.4 Å². The van der Waals surface area contributed by atoms with E-state index in [0.29, 0.717) is 11.7 Å². The van der Waals surface area contributed by atoms with Crippen molar-refractivity contribution in [1.82, 2.24) is 9.80 Å². The Morgan fingerprint density at radius 3 is 2.65 bits per heavy atom. The Kier molecular flexibility index (Phi) is 6.16. The SMILES string of the molecule is FC(F)(F)c1ccccc1NC(=S)N1CCCN(Cc2ccsc2)CC1. The summed E-state index contributed by atoms with van der Waals surface area (Å²) in [5, 5.41) is 7.35. The van der Waals surface area contributed by atoms with E-state index in [0.717, 1.165) is 38.7 Å². The third kappa shape index (κ3) is 4.96. The molecule has 0 aliphatic carbocycles. The molecule has 1 fully saturated rings. The summed E-state index contributed by atoms with van der Waals surface area (Å²) in [5.74, 6) is 0. The number of alkyl halides is 3. The maximum absolute atomic E-state index is 13.1. The Morgan fingerprint density at radius 2 is 1.92 bits per heavy atom. The van der Waals surface area contributed by atoms with Gasteiger partial charge in [-0.1, -0.05) is 12.1 Å². The number of thiophene rings is 1. The minimum absolute atomic E-state index is 0.00405. The van der Waals surface area contributed by atoms with Crippen LogP contribution in [0.2, 0.25) is 0 Å². The number of nitrogens with one attached hydrogen (secondary N) is 1. The van der Waals surface area contributed by atoms with Crippen LogP contribution in [0.5, 0.6) is 0 Å². The second-order valence-corrected chi connectivity index (χ2v) is 7.39. The molecule has 26 heavy (non-hydrogen) atoms. The smallest absolute Gasteiger partial charge is 0.348 e. The standard InChI is InChI=1S/C18H20F3N3S2/c19-18(20,21)15-4-1-2-5-16(15)22-17(25)24-8-3-7-23(9-10-24)12-14-6-11-26-13-14/h1-2,4-6,11,13H,3,7-10,12H2,(H,22,25). The molecule has 0 atom stereocenters. The highest BCUT2D eigenvalue weighted by Crippen LogP contribution is 2.34. The van der Waals surface area contributed by atoms with Crippen LogP contribution < -0.4 is 5.32 Å². The Labute approximate surface area is 160 Å². The van der Waals surface area contributed by atoms with Gasteiger partial charge in [-0.2, -0.15) is 24.5 Å². The number of hydrogen-bond acceptors (Lipinski definition) is 3. The van der Waals surface area contributed by atoms with Crippen molar-refractivity contribution in [3.63, 3.8) is 0 Å². The van der Waals surface area contributed by atoms with E-state index in [2.05, 4.69) is 27.0 Å². The van der Waals surface area contributed by atoms with Crippen LogP contribution in [0, 0.1) is 0 Å². The minimum atomic E-state index is -4.41. The first kappa shape index (κ1) is 19.1. The number of para-hydroxylation sites is 1. The predicted molar refractivity (Wildman–Crippen MR) is 103 cm³/mol. The van der Waals surface area contributed by atoms with Crippen molar-refractivity contribution in [3.05, 3.63) is 52.2 Å². The maximum atomic E-state index is 13.1. The molecule has 8 heteroatoms. The third-order valence-corrected chi connectivity index (χ3v) is 5.43. The fourth-order valence-corrected chi connectivity index (χ4v) is 3.96. The highest BCUT2D eigenvalue weighted by molar-refractivity contribution is 7.80. The lowest BCUT2D eigenvalue weighted by Crippen LogP contribution is -2.38. The van der Waals surface area contributed by atoms with E-state index in [9.17, 15) is 13.2 Å². The summed E-state index contributed by atoms with van der Waals surface area (Å²) in [6.07, 6.45) is -3.48. The van der Waals surface area contributed by atoms with Gasteiger partial charge in [-0.05, 0) is 53.2 Å². The van der Waals surface area contributed by atoms with Crippen LogP contribution in [-0.4, -0.2) is 41.1 Å². The summed E-state index contributed by atoms with van der Waals surface area (Å²) in [6.45, 7) is 4.12. The summed E-state index contributed by atoms with van der Waals surface area (Å²) in [4.78, 5) is 4.31. The van der Waals surface area contributed by atoms with Crippen molar-refractivity contribution in [2.45, 2.75) is 19.1 Å². The molecule has 3 nitrogen and oxygen atoms in total. The molecule has 1 aromatic heterocycles. The molecular weight excluding hydrogens is 379 g/mol. The zero-order valence-electron chi connectivity index (χ0n) is 14.1. The molecule has 140 valence electrons. The number of nitrogens with zero attached hydrogens (tertiary/aromatic N) is 2. The average Bonchev–Trinajstić information content (AvgIpc) is 2.98. The Hall–Kier alpha value is -1.64. The molecule has 0 radical (unpaired) electrons. The van der Waals surface area contributed by atoms with Gasteiger partial charge in [0.25, 0.3) is 0 Å². The van der Waals surface area contributed by atoms with E-state index in [1.165, 1.54) is 17.7 Å². The minimum Gasteiger partial charge on any atom is -0.348 e. The van der Waals surface area contributed by atoms with Crippen LogP contribution in [0.15, 0.2) is 41.1 Å². The fourth-order valence-electron chi connectivity index (χ4n) is 3.01. The first-order chi connectivity index (χ1) is 12.4. The van der Waals surface area contributed by atoms with Crippen LogP contribution in [0.3, 0.4) is 0 Å². The highest BCUT2D eigenvalue weighted by atomic mass is 32.1. The normalized spacial score (nSPS) is 16.3. The summed E-state index contributed by atoms with van der Waals surface area (Å²) in [7, 11) is 0. The quantitative estimate of drug-likeness (QED) is 0.756. The Balaban J connectivity index is 1.61. The average molecular weight is 400 g/mol. The lowest BCUT2D eigenvalue weighted by Gasteiger charge is -2.25. The van der Waals surface area contributed by atoms with Gasteiger partial charge in [-0.15, -0.1) is 0 Å². The van der Waals surface area contributed by atoms with Gasteiger partial charge in [-0.25, -0.2) is 0 Å². The largest absolute Gasteiger partial charge is 0.418 e. The molecule has 0 unspecified atom stereocenters. The van der Waals surface area contributed by atoms with Crippen LogP contribution in [0.1, 0.15) is 17.5 Å². The summed E-state index contributed by atoms with van der Waals surface area (Å²) in [5.41, 5.74) is 0.601. The molecular formula is C18H20F3N3S2. The summed E-state index contributed by atoms with van der Waals surface area (Å²) in [6, 6.07) is 7.55. The van der Waals surface area contributed by atoms with Crippen molar-refractivity contribution < 1.29 is 13.2 Å². The first-order valence-electron chi connectivity index (χ1n) is 8.39. The highest BCUT2D eigenvalue weighted by Gasteiger charge is 2.33. The molecule has 0 amide bonds. The van der Waals surface area contributed by atoms with Crippen LogP contribution in [-0.2, 0) is 12.7 Å². The molecule has 3 rings (SSSR count). The predicted octanol–water partition coefficient (Wildman–Crippen LogP) is 4.67. The van der Waals surface area contributed by atoms with Crippen molar-refractivity contribution in [1.29, 1.82) is 0 Å². The first-order valence-corrected chi connectivity index (χ1v) is 9.74. The molecule has 2 aromatic rings. The maximum Gasteiger partial charge on any atom is 0.418 e. The fraction of sp³-hybridized carbons (Fsp3) is 0.389. The number of benzene rings is 1. The van der Waals surface area contributed by atoms with Gasteiger partial charge in [0.2, 0.25) is 0 Å². The van der Waals surface area contributed by atoms with Crippen molar-refractivity contribution in [2.75, 3.05) is 31.5 Å². The van der Waals surface area contributed by atoms with E-state index >= 15 is 0 Å². The molecule has 0 spiro atoms. The van der Waals surface area contributed by atoms with E-state index in [-0.39, 0.29) is 5.69 Å². The molecule has 1 aliphatic rings. The molecule has 1 aliphatic heterocycles. The second kappa shape index (κ2) is 8.37. The summed E-state index contributed by atoms with van der Waals surface area (Å²) >= 11 is 7.07. The van der Waals surface area contributed by atoms with Gasteiger partial charge in [0, 0.05) is 32.7 Å². The lowest BCUT2D eigenvalue weighted by atomic mass is 10.1. The van der Waals surface area contributed by atoms with Crippen molar-refractivity contribution in [3.8, 4) is 0 Å². The van der Waals surface area contributed by atoms with Crippen LogP contribution in [0.25, 0.3) is 0 Å². The Bertz CT molecular complexity index is 732. The van der Waals surface area contributed by atoms with Crippen molar-refractivity contribution in [2.24, 2.45) is 0 Å². The number of rotatable bonds is 3. The molecule has 1 N–H and O–H groups in total. The van der Waals surface area contributed by atoms with Gasteiger partial charge >= 0.3 is 6.18 Å². The van der Waals surface area contributed by atoms with E-state index < -0.39 is 11.7 Å². The monoisotopic (exact) mass is 399 g/mol. The van der Waals surface area contributed by atoms with Gasteiger partial charge in [0.05, 0.1) is 11.3 Å². The molecule has 0 saturated carbocycles. The number of hydrogen-bond donors (Lipinski definition) is 1. The van der Waals surface area contributed by atoms with Crippen LogP contribution in [0.4, 0.5) is 18.9 Å². The molecule has 0 bridgehead atoms. The molecule has 2 heterocycles. The zero-order valence-corrected chi connectivity index (χ0v) is 15.8. The van der Waals surface area contributed by atoms with Crippen LogP contribution >= 0.6 is 23.6 Å². The topological polar surface area (TPSA) is 18.5 Å². The van der Waals surface area contributed by atoms with E-state index in [1.807, 2.05) is 4.90 Å². The number of thiocarbonyl (C=S) groups is 1. The van der Waals surface area contributed by atoms with Gasteiger partial charge in [0.1, 0.15) is 0 Å². The second-order valence-electron chi connectivity index (χ2n) is 6.22. The summed E-state index contributed by atoms with van der Waals surface area (Å²) < 4.78 is 39.4. The third-order valence-electron chi connectivity index (χ3n) is 4.34. The van der Waals surface area contributed by atoms with Gasteiger partial charge in [-0.3, -0.25) is 4.90 Å². The zero-order chi connectivity index (χ0) is 18.6. The van der Waals surface area contributed by atoms with E-state index in [4.69, 9.17) is 12.2 Å². The molecule has 1 aromatic carbocycles. The number of anilines is 1. The van der Waals surface area contributed by atoms with Gasteiger partial charge < -0.3 is 10.2 Å². The van der Waals surface area contributed by atoms with Gasteiger partial charge in [0.15, 0.2) is 5.11 Å². The Morgan fingerprint density at radius 1 is 1.12 bits per heavy atom. The molecule has 1 saturated heterocycles. The van der Waals surface area contributed by atoms with Crippen molar-refractivity contribution >= 4 is 34.4 Å².